The Morgan fingerprint density at radius 2 is 1.93 bits per heavy atom. The highest BCUT2D eigenvalue weighted by atomic mass is 32.1. The molecule has 5 rings (SSSR count). The standard InChI is InChI=1S/C24H23N3OS2/c1-13-9-10-14(2)17(12-13)26-23(28)22-20(25)19-15-6-3-4-7-16(15)21(27-24(19)30-22)18-8-5-11-29-18/h5,8-12H,3-4,6-7,25H2,1-2H3,(H,26,28). The van der Waals surface area contributed by atoms with Crippen LogP contribution < -0.4 is 11.1 Å². The largest absolute Gasteiger partial charge is 0.397 e. The van der Waals surface area contributed by atoms with Gasteiger partial charge in [-0.3, -0.25) is 4.79 Å². The van der Waals surface area contributed by atoms with Gasteiger partial charge in [0.25, 0.3) is 5.91 Å². The average Bonchev–Trinajstić information content (AvgIpc) is 3.38. The molecule has 1 amide bonds. The van der Waals surface area contributed by atoms with Crippen molar-refractivity contribution < 1.29 is 4.79 Å². The van der Waals surface area contributed by atoms with Crippen molar-refractivity contribution in [2.24, 2.45) is 0 Å². The predicted molar refractivity (Wildman–Crippen MR) is 128 cm³/mol. The molecule has 4 nitrogen and oxygen atoms in total. The Kier molecular flexibility index (Phi) is 4.83. The molecule has 152 valence electrons. The summed E-state index contributed by atoms with van der Waals surface area (Å²) < 4.78 is 0. The lowest BCUT2D eigenvalue weighted by molar-refractivity contribution is 0.103. The van der Waals surface area contributed by atoms with Gasteiger partial charge in [-0.2, -0.15) is 0 Å². The fourth-order valence-electron chi connectivity index (χ4n) is 4.25. The molecule has 6 heteroatoms. The van der Waals surface area contributed by atoms with Crippen LogP contribution in [0, 0.1) is 13.8 Å². The summed E-state index contributed by atoms with van der Waals surface area (Å²) in [6, 6.07) is 10.2. The number of aromatic nitrogens is 1. The second-order valence-corrected chi connectivity index (χ2v) is 9.85. The summed E-state index contributed by atoms with van der Waals surface area (Å²) in [5, 5.41) is 6.13. The fraction of sp³-hybridized carbons (Fsp3) is 0.250. The molecule has 0 saturated carbocycles. The van der Waals surface area contributed by atoms with Crippen LogP contribution in [0.5, 0.6) is 0 Å². The van der Waals surface area contributed by atoms with Crippen LogP contribution in [0.25, 0.3) is 20.8 Å². The molecule has 3 heterocycles. The van der Waals surface area contributed by atoms with Gasteiger partial charge >= 0.3 is 0 Å². The van der Waals surface area contributed by atoms with Gasteiger partial charge < -0.3 is 11.1 Å². The molecule has 1 aliphatic carbocycles. The predicted octanol–water partition coefficient (Wildman–Crippen LogP) is 6.35. The number of anilines is 2. The van der Waals surface area contributed by atoms with Gasteiger partial charge in [0.1, 0.15) is 9.71 Å². The van der Waals surface area contributed by atoms with Gasteiger partial charge in [0.2, 0.25) is 0 Å². The van der Waals surface area contributed by atoms with Gasteiger partial charge in [-0.25, -0.2) is 4.98 Å². The van der Waals surface area contributed by atoms with Crippen molar-refractivity contribution >= 4 is 50.2 Å². The highest BCUT2D eigenvalue weighted by Gasteiger charge is 2.26. The summed E-state index contributed by atoms with van der Waals surface area (Å²) in [6.45, 7) is 4.01. The summed E-state index contributed by atoms with van der Waals surface area (Å²) >= 11 is 3.11. The van der Waals surface area contributed by atoms with Crippen LogP contribution in [0.2, 0.25) is 0 Å². The third-order valence-electron chi connectivity index (χ3n) is 5.80. The van der Waals surface area contributed by atoms with Crippen molar-refractivity contribution in [1.82, 2.24) is 4.98 Å². The maximum Gasteiger partial charge on any atom is 0.267 e. The number of rotatable bonds is 3. The molecule has 30 heavy (non-hydrogen) atoms. The molecule has 0 spiro atoms. The minimum absolute atomic E-state index is 0.161. The number of nitrogens with one attached hydrogen (secondary N) is 1. The number of amides is 1. The van der Waals surface area contributed by atoms with Crippen molar-refractivity contribution in [2.45, 2.75) is 39.5 Å². The highest BCUT2D eigenvalue weighted by molar-refractivity contribution is 7.21. The molecule has 0 aliphatic heterocycles. The number of carbonyl (C=O) groups is 1. The van der Waals surface area contributed by atoms with Gasteiger partial charge in [0.15, 0.2) is 0 Å². The van der Waals surface area contributed by atoms with E-state index in [0.717, 1.165) is 52.0 Å². The Bertz CT molecular complexity index is 1270. The lowest BCUT2D eigenvalue weighted by Crippen LogP contribution is -2.13. The first kappa shape index (κ1) is 19.3. The van der Waals surface area contributed by atoms with Crippen LogP contribution in [0.3, 0.4) is 0 Å². The maximum atomic E-state index is 13.1. The van der Waals surface area contributed by atoms with E-state index in [-0.39, 0.29) is 5.91 Å². The summed E-state index contributed by atoms with van der Waals surface area (Å²) in [6.07, 6.45) is 4.33. The van der Waals surface area contributed by atoms with Gasteiger partial charge in [0.05, 0.1) is 16.3 Å². The smallest absolute Gasteiger partial charge is 0.267 e. The molecule has 0 radical (unpaired) electrons. The minimum atomic E-state index is -0.161. The van der Waals surface area contributed by atoms with Gasteiger partial charge in [-0.1, -0.05) is 18.2 Å². The molecule has 1 aliphatic rings. The van der Waals surface area contributed by atoms with Crippen LogP contribution in [-0.2, 0) is 12.8 Å². The third kappa shape index (κ3) is 3.20. The second-order valence-electron chi connectivity index (χ2n) is 7.90. The number of hydrogen-bond donors (Lipinski definition) is 2. The van der Waals surface area contributed by atoms with Gasteiger partial charge in [-0.05, 0) is 79.3 Å². The van der Waals surface area contributed by atoms with Crippen molar-refractivity contribution in [3.05, 3.63) is 62.8 Å². The summed E-state index contributed by atoms with van der Waals surface area (Å²) in [4.78, 5) is 20.7. The van der Waals surface area contributed by atoms with E-state index in [1.807, 2.05) is 32.0 Å². The van der Waals surface area contributed by atoms with Crippen molar-refractivity contribution in [3.8, 4) is 10.6 Å². The minimum Gasteiger partial charge on any atom is -0.397 e. The molecule has 0 unspecified atom stereocenters. The van der Waals surface area contributed by atoms with Gasteiger partial charge in [0, 0.05) is 11.1 Å². The first-order valence-electron chi connectivity index (χ1n) is 10.2. The Labute approximate surface area is 183 Å². The average molecular weight is 434 g/mol. The molecule has 0 atom stereocenters. The Morgan fingerprint density at radius 1 is 1.13 bits per heavy atom. The zero-order chi connectivity index (χ0) is 20.8. The molecule has 0 saturated heterocycles. The maximum absolute atomic E-state index is 13.1. The molecule has 0 fully saturated rings. The Morgan fingerprint density at radius 3 is 2.70 bits per heavy atom. The van der Waals surface area contributed by atoms with E-state index in [0.29, 0.717) is 10.6 Å². The van der Waals surface area contributed by atoms with Gasteiger partial charge in [-0.15, -0.1) is 22.7 Å². The van der Waals surface area contributed by atoms with Crippen LogP contribution in [-0.4, -0.2) is 10.9 Å². The lowest BCUT2D eigenvalue weighted by atomic mass is 9.88. The number of aryl methyl sites for hydroxylation is 3. The number of nitrogens with zero attached hydrogens (tertiary/aromatic N) is 1. The van der Waals surface area contributed by atoms with Crippen LogP contribution in [0.1, 0.15) is 44.8 Å². The van der Waals surface area contributed by atoms with Crippen LogP contribution >= 0.6 is 22.7 Å². The van der Waals surface area contributed by atoms with E-state index in [1.54, 1.807) is 11.3 Å². The SMILES string of the molecule is Cc1ccc(C)c(NC(=O)c2sc3nc(-c4cccs4)c4c(c3c2N)CCCC4)c1. The normalized spacial score (nSPS) is 13.4. The number of nitrogens with two attached hydrogens (primary N) is 1. The molecular formula is C24H23N3OS2. The molecular weight excluding hydrogens is 410 g/mol. The van der Waals surface area contributed by atoms with E-state index in [9.17, 15) is 4.79 Å². The Balaban J connectivity index is 1.63. The zero-order valence-electron chi connectivity index (χ0n) is 17.0. The number of pyridine rings is 1. The third-order valence-corrected chi connectivity index (χ3v) is 7.77. The summed E-state index contributed by atoms with van der Waals surface area (Å²) in [7, 11) is 0. The lowest BCUT2D eigenvalue weighted by Gasteiger charge is -2.19. The van der Waals surface area contributed by atoms with Crippen molar-refractivity contribution in [2.75, 3.05) is 11.1 Å². The van der Waals surface area contributed by atoms with E-state index < -0.39 is 0 Å². The number of benzene rings is 1. The first-order valence-corrected chi connectivity index (χ1v) is 11.9. The monoisotopic (exact) mass is 433 g/mol. The highest BCUT2D eigenvalue weighted by Crippen LogP contribution is 2.43. The molecule has 1 aromatic carbocycles. The Hall–Kier alpha value is -2.70. The number of hydrogen-bond acceptors (Lipinski definition) is 5. The zero-order valence-corrected chi connectivity index (χ0v) is 18.7. The quantitative estimate of drug-likeness (QED) is 0.395. The number of carbonyl (C=O) groups excluding carboxylic acids is 1. The topological polar surface area (TPSA) is 68.0 Å². The van der Waals surface area contributed by atoms with Crippen LogP contribution in [0.4, 0.5) is 11.4 Å². The molecule has 3 N–H and O–H groups in total. The van der Waals surface area contributed by atoms with Crippen LogP contribution in [0.15, 0.2) is 35.7 Å². The van der Waals surface area contributed by atoms with E-state index in [4.69, 9.17) is 10.7 Å². The number of fused-ring (bicyclic) bond motifs is 3. The van der Waals surface area contributed by atoms with Crippen molar-refractivity contribution in [1.29, 1.82) is 0 Å². The van der Waals surface area contributed by atoms with E-state index in [2.05, 4.69) is 22.8 Å². The fourth-order valence-corrected chi connectivity index (χ4v) is 6.01. The van der Waals surface area contributed by atoms with E-state index >= 15 is 0 Å². The summed E-state index contributed by atoms with van der Waals surface area (Å²) in [5.74, 6) is -0.161. The molecule has 4 aromatic rings. The summed E-state index contributed by atoms with van der Waals surface area (Å²) in [5.41, 5.74) is 13.8. The van der Waals surface area contributed by atoms with Crippen molar-refractivity contribution in [3.63, 3.8) is 0 Å². The second kappa shape index (κ2) is 7.52. The molecule has 0 bridgehead atoms. The van der Waals surface area contributed by atoms with E-state index in [1.165, 1.54) is 33.8 Å². The molecule has 3 aromatic heterocycles. The number of thiophene rings is 2. The number of nitrogen functional groups attached to an aromatic ring is 1. The first-order chi connectivity index (χ1) is 14.5.